The van der Waals surface area contributed by atoms with Crippen LogP contribution in [-0.2, 0) is 16.1 Å². The molecule has 134 valence electrons. The van der Waals surface area contributed by atoms with Crippen molar-refractivity contribution in [2.45, 2.75) is 26.3 Å². The van der Waals surface area contributed by atoms with Crippen LogP contribution >= 0.6 is 23.2 Å². The van der Waals surface area contributed by atoms with Gasteiger partial charge in [0.1, 0.15) is 0 Å². The molecule has 7 heteroatoms. The van der Waals surface area contributed by atoms with Gasteiger partial charge in [0.15, 0.2) is 11.0 Å². The molecule has 25 heavy (non-hydrogen) atoms. The number of nitrogens with zero attached hydrogens (tertiary/aromatic N) is 1. The smallest absolute Gasteiger partial charge is 0.310 e. The molecule has 1 aromatic carbocycles. The molecule has 2 heterocycles. The fourth-order valence-corrected chi connectivity index (χ4v) is 3.74. The molecule has 0 amide bonds. The zero-order chi connectivity index (χ0) is 18.0. The topological polar surface area (TPSA) is 59.8 Å². The summed E-state index contributed by atoms with van der Waals surface area (Å²) in [6, 6.07) is 3.11. The Kier molecular flexibility index (Phi) is 5.67. The Balaban J connectivity index is 1.82. The number of hydrogen-bond donors (Lipinski definition) is 0. The standard InChI is InChI=1S/C18H19Cl2NO4/c1-2-24-18(23)11-4-3-5-21(8-11)9-12-10-25-17-14(16(12)22)6-13(19)7-15(17)20/h6-7,10-11H,2-5,8-9H2,1H3/t11-/m1/s1. The lowest BCUT2D eigenvalue weighted by Crippen LogP contribution is -2.39. The molecule has 0 N–H and O–H groups in total. The third-order valence-electron chi connectivity index (χ3n) is 4.38. The maximum absolute atomic E-state index is 12.7. The summed E-state index contributed by atoms with van der Waals surface area (Å²) in [5.41, 5.74) is 0.710. The van der Waals surface area contributed by atoms with Crippen molar-refractivity contribution < 1.29 is 13.9 Å². The Bertz CT molecular complexity index is 849. The Morgan fingerprint density at radius 2 is 2.20 bits per heavy atom. The lowest BCUT2D eigenvalue weighted by molar-refractivity contribution is -0.150. The Labute approximate surface area is 155 Å². The van der Waals surface area contributed by atoms with Crippen molar-refractivity contribution >= 4 is 40.1 Å². The Morgan fingerprint density at radius 3 is 2.96 bits per heavy atom. The molecular weight excluding hydrogens is 365 g/mol. The number of esters is 1. The minimum Gasteiger partial charge on any atom is -0.466 e. The summed E-state index contributed by atoms with van der Waals surface area (Å²) in [6.07, 6.45) is 3.14. The third kappa shape index (κ3) is 4.00. The average Bonchev–Trinajstić information content (AvgIpc) is 2.58. The van der Waals surface area contributed by atoms with Crippen LogP contribution in [0, 0.1) is 5.92 Å². The van der Waals surface area contributed by atoms with E-state index in [1.54, 1.807) is 19.1 Å². The first-order valence-electron chi connectivity index (χ1n) is 8.28. The predicted molar refractivity (Wildman–Crippen MR) is 97.1 cm³/mol. The average molecular weight is 384 g/mol. The van der Waals surface area contributed by atoms with Gasteiger partial charge in [0.2, 0.25) is 0 Å². The van der Waals surface area contributed by atoms with E-state index in [4.69, 9.17) is 32.4 Å². The van der Waals surface area contributed by atoms with E-state index in [-0.39, 0.29) is 17.3 Å². The van der Waals surface area contributed by atoms with Crippen LogP contribution in [-0.4, -0.2) is 30.6 Å². The van der Waals surface area contributed by atoms with E-state index in [0.29, 0.717) is 46.3 Å². The van der Waals surface area contributed by atoms with Gasteiger partial charge in [0.25, 0.3) is 0 Å². The number of fused-ring (bicyclic) bond motifs is 1. The van der Waals surface area contributed by atoms with Gasteiger partial charge in [0, 0.05) is 23.7 Å². The second-order valence-electron chi connectivity index (χ2n) is 6.18. The molecule has 2 aromatic rings. The number of rotatable bonds is 4. The van der Waals surface area contributed by atoms with Gasteiger partial charge >= 0.3 is 5.97 Å². The van der Waals surface area contributed by atoms with Gasteiger partial charge in [-0.3, -0.25) is 14.5 Å². The number of benzene rings is 1. The van der Waals surface area contributed by atoms with Crippen molar-refractivity contribution in [3.8, 4) is 0 Å². The summed E-state index contributed by atoms with van der Waals surface area (Å²) < 4.78 is 10.7. The summed E-state index contributed by atoms with van der Waals surface area (Å²) >= 11 is 12.1. The molecule has 5 nitrogen and oxygen atoms in total. The van der Waals surface area contributed by atoms with Crippen LogP contribution in [0.4, 0.5) is 0 Å². The molecule has 1 aliphatic rings. The van der Waals surface area contributed by atoms with Crippen LogP contribution in [0.3, 0.4) is 0 Å². The monoisotopic (exact) mass is 383 g/mol. The molecule has 1 aromatic heterocycles. The number of piperidine rings is 1. The van der Waals surface area contributed by atoms with E-state index < -0.39 is 0 Å². The van der Waals surface area contributed by atoms with Crippen LogP contribution < -0.4 is 5.43 Å². The zero-order valence-corrected chi connectivity index (χ0v) is 15.4. The van der Waals surface area contributed by atoms with Gasteiger partial charge in [-0.05, 0) is 38.4 Å². The first kappa shape index (κ1) is 18.2. The second kappa shape index (κ2) is 7.77. The Morgan fingerprint density at radius 1 is 1.40 bits per heavy atom. The molecule has 0 bridgehead atoms. The van der Waals surface area contributed by atoms with Crippen LogP contribution in [0.1, 0.15) is 25.3 Å². The highest BCUT2D eigenvalue weighted by Crippen LogP contribution is 2.27. The highest BCUT2D eigenvalue weighted by molar-refractivity contribution is 6.38. The van der Waals surface area contributed by atoms with Gasteiger partial charge in [-0.15, -0.1) is 0 Å². The van der Waals surface area contributed by atoms with Crippen LogP contribution in [0.15, 0.2) is 27.6 Å². The molecule has 0 spiro atoms. The summed E-state index contributed by atoms with van der Waals surface area (Å²) in [5, 5.41) is 1.07. The number of halogens is 2. The molecule has 1 atom stereocenters. The van der Waals surface area contributed by atoms with E-state index in [1.165, 1.54) is 6.26 Å². The highest BCUT2D eigenvalue weighted by atomic mass is 35.5. The van der Waals surface area contributed by atoms with Crippen LogP contribution in [0.2, 0.25) is 10.0 Å². The molecule has 1 aliphatic heterocycles. The first-order valence-corrected chi connectivity index (χ1v) is 9.03. The molecule has 1 fully saturated rings. The second-order valence-corrected chi connectivity index (χ2v) is 7.02. The molecular formula is C18H19Cl2NO4. The van der Waals surface area contributed by atoms with E-state index in [9.17, 15) is 9.59 Å². The molecule has 0 saturated carbocycles. The van der Waals surface area contributed by atoms with Crippen LogP contribution in [0.5, 0.6) is 0 Å². The SMILES string of the molecule is CCOC(=O)[C@@H]1CCCN(Cc2coc3c(Cl)cc(Cl)cc3c2=O)C1. The number of carbonyl (C=O) groups is 1. The summed E-state index contributed by atoms with van der Waals surface area (Å²) in [6.45, 7) is 3.99. The molecule has 3 rings (SSSR count). The Hall–Kier alpha value is -1.56. The number of hydrogen-bond acceptors (Lipinski definition) is 5. The van der Waals surface area contributed by atoms with Gasteiger partial charge in [-0.25, -0.2) is 0 Å². The number of carbonyl (C=O) groups excluding carboxylic acids is 1. The molecule has 1 saturated heterocycles. The minimum absolute atomic E-state index is 0.148. The number of ether oxygens (including phenoxy) is 1. The van der Waals surface area contributed by atoms with E-state index in [1.807, 2.05) is 0 Å². The van der Waals surface area contributed by atoms with Crippen molar-refractivity contribution in [2.24, 2.45) is 5.92 Å². The normalized spacial score (nSPS) is 18.4. The minimum atomic E-state index is -0.170. The quantitative estimate of drug-likeness (QED) is 0.749. The largest absolute Gasteiger partial charge is 0.466 e. The summed E-state index contributed by atoms with van der Waals surface area (Å²) in [7, 11) is 0. The maximum Gasteiger partial charge on any atom is 0.310 e. The molecule has 0 aliphatic carbocycles. The van der Waals surface area contributed by atoms with Gasteiger partial charge in [-0.2, -0.15) is 0 Å². The zero-order valence-electron chi connectivity index (χ0n) is 13.9. The highest BCUT2D eigenvalue weighted by Gasteiger charge is 2.27. The van der Waals surface area contributed by atoms with Gasteiger partial charge < -0.3 is 9.15 Å². The van der Waals surface area contributed by atoms with Crippen molar-refractivity contribution in [1.82, 2.24) is 4.90 Å². The third-order valence-corrected chi connectivity index (χ3v) is 4.88. The van der Waals surface area contributed by atoms with Crippen molar-refractivity contribution in [2.75, 3.05) is 19.7 Å². The summed E-state index contributed by atoms with van der Waals surface area (Å²) in [4.78, 5) is 26.8. The first-order chi connectivity index (χ1) is 12.0. The van der Waals surface area contributed by atoms with Gasteiger partial charge in [0.05, 0.1) is 29.2 Å². The fourth-order valence-electron chi connectivity index (χ4n) is 3.21. The maximum atomic E-state index is 12.7. The van der Waals surface area contributed by atoms with E-state index >= 15 is 0 Å². The van der Waals surface area contributed by atoms with Crippen molar-refractivity contribution in [3.05, 3.63) is 44.2 Å². The fraction of sp³-hybridized carbons (Fsp3) is 0.444. The predicted octanol–water partition coefficient (Wildman–Crippen LogP) is 3.87. The lowest BCUT2D eigenvalue weighted by atomic mass is 9.98. The lowest BCUT2D eigenvalue weighted by Gasteiger charge is -2.31. The van der Waals surface area contributed by atoms with Crippen LogP contribution in [0.25, 0.3) is 11.0 Å². The van der Waals surface area contributed by atoms with E-state index in [2.05, 4.69) is 4.90 Å². The molecule has 0 unspecified atom stereocenters. The number of likely N-dealkylation sites (tertiary alicyclic amines) is 1. The van der Waals surface area contributed by atoms with E-state index in [0.717, 1.165) is 19.4 Å². The molecule has 0 radical (unpaired) electrons. The summed E-state index contributed by atoms with van der Waals surface area (Å²) in [5.74, 6) is -0.318. The van der Waals surface area contributed by atoms with Crippen molar-refractivity contribution in [3.63, 3.8) is 0 Å². The van der Waals surface area contributed by atoms with Gasteiger partial charge in [-0.1, -0.05) is 23.2 Å². The van der Waals surface area contributed by atoms with Crippen molar-refractivity contribution in [1.29, 1.82) is 0 Å².